The van der Waals surface area contributed by atoms with Crippen molar-refractivity contribution in [1.29, 1.82) is 0 Å². The molecule has 0 spiro atoms. The highest BCUT2D eigenvalue weighted by atomic mass is 35.5. The van der Waals surface area contributed by atoms with Crippen LogP contribution in [0.15, 0.2) is 119 Å². The van der Waals surface area contributed by atoms with E-state index in [4.69, 9.17) is 16.3 Å². The smallest absolute Gasteiger partial charge is 0.272 e. The number of nitrogens with zero attached hydrogens (tertiary/aromatic N) is 1. The zero-order valence-corrected chi connectivity index (χ0v) is 27.0. The van der Waals surface area contributed by atoms with Gasteiger partial charge in [-0.1, -0.05) is 54.1 Å². The standard InChI is InChI=1S/C35H29ClN4O4S2/c1-2-44-28-16-8-23(9-17-28)20-30(38-33(42)25-6-4-3-5-7-25)34(43)37-27-14-18-29(19-15-27)45-22-32(41)40-35-39-31(21-46-35)24-10-12-26(36)13-11-24/h3-21H,2,22H2,1H3,(H,37,43)(H,38,42)(H,39,40,41)/b30-20-. The third-order valence-electron chi connectivity index (χ3n) is 6.40. The normalized spacial score (nSPS) is 11.0. The second-order valence-electron chi connectivity index (χ2n) is 9.74. The number of benzene rings is 4. The molecule has 11 heteroatoms. The topological polar surface area (TPSA) is 109 Å². The molecule has 0 aliphatic heterocycles. The first-order valence-electron chi connectivity index (χ1n) is 14.2. The number of ether oxygens (including phenoxy) is 1. The molecule has 0 saturated heterocycles. The van der Waals surface area contributed by atoms with Gasteiger partial charge >= 0.3 is 0 Å². The molecule has 3 N–H and O–H groups in total. The van der Waals surface area contributed by atoms with Crippen LogP contribution in [0.3, 0.4) is 0 Å². The molecule has 0 radical (unpaired) electrons. The average molecular weight is 669 g/mol. The molecule has 1 heterocycles. The molecule has 8 nitrogen and oxygen atoms in total. The molecule has 0 saturated carbocycles. The monoisotopic (exact) mass is 668 g/mol. The van der Waals surface area contributed by atoms with Crippen LogP contribution in [0.25, 0.3) is 17.3 Å². The zero-order chi connectivity index (χ0) is 32.3. The van der Waals surface area contributed by atoms with E-state index in [2.05, 4.69) is 20.9 Å². The Labute approximate surface area is 279 Å². The first-order valence-corrected chi connectivity index (χ1v) is 16.5. The van der Waals surface area contributed by atoms with Crippen LogP contribution in [-0.4, -0.2) is 35.1 Å². The lowest BCUT2D eigenvalue weighted by Crippen LogP contribution is -2.30. The van der Waals surface area contributed by atoms with Crippen molar-refractivity contribution in [3.05, 3.63) is 130 Å². The van der Waals surface area contributed by atoms with Gasteiger partial charge in [0.15, 0.2) is 5.13 Å². The Morgan fingerprint density at radius 2 is 1.61 bits per heavy atom. The molecule has 4 aromatic carbocycles. The van der Waals surface area contributed by atoms with Gasteiger partial charge in [0.1, 0.15) is 11.4 Å². The lowest BCUT2D eigenvalue weighted by molar-refractivity contribution is -0.114. The summed E-state index contributed by atoms with van der Waals surface area (Å²) < 4.78 is 5.50. The molecule has 232 valence electrons. The number of thioether (sulfide) groups is 1. The number of anilines is 2. The number of rotatable bonds is 12. The van der Waals surface area contributed by atoms with Crippen LogP contribution in [0.1, 0.15) is 22.8 Å². The maximum Gasteiger partial charge on any atom is 0.272 e. The summed E-state index contributed by atoms with van der Waals surface area (Å²) in [5.74, 6) is -0.183. The minimum absolute atomic E-state index is 0.0783. The minimum atomic E-state index is -0.487. The zero-order valence-electron chi connectivity index (χ0n) is 24.7. The lowest BCUT2D eigenvalue weighted by atomic mass is 10.1. The highest BCUT2D eigenvalue weighted by Crippen LogP contribution is 2.27. The fourth-order valence-electron chi connectivity index (χ4n) is 4.16. The molecule has 0 fully saturated rings. The fourth-order valence-corrected chi connectivity index (χ4v) is 5.72. The molecule has 5 rings (SSSR count). The van der Waals surface area contributed by atoms with Gasteiger partial charge in [-0.3, -0.25) is 14.4 Å². The van der Waals surface area contributed by atoms with E-state index in [1.807, 2.05) is 54.8 Å². The molecule has 0 aliphatic carbocycles. The Bertz CT molecular complexity index is 1830. The summed E-state index contributed by atoms with van der Waals surface area (Å²) in [4.78, 5) is 44.2. The van der Waals surface area contributed by atoms with Gasteiger partial charge in [-0.25, -0.2) is 4.98 Å². The molecule has 1 aromatic heterocycles. The van der Waals surface area contributed by atoms with Crippen molar-refractivity contribution >= 4 is 69.3 Å². The van der Waals surface area contributed by atoms with Gasteiger partial charge in [0.25, 0.3) is 11.8 Å². The van der Waals surface area contributed by atoms with Crippen molar-refractivity contribution in [1.82, 2.24) is 10.3 Å². The fraction of sp³-hybridized carbons (Fsp3) is 0.0857. The van der Waals surface area contributed by atoms with Crippen molar-refractivity contribution in [2.24, 2.45) is 0 Å². The van der Waals surface area contributed by atoms with E-state index in [9.17, 15) is 14.4 Å². The van der Waals surface area contributed by atoms with Gasteiger partial charge in [-0.05, 0) is 79.2 Å². The Morgan fingerprint density at radius 3 is 2.30 bits per heavy atom. The quantitative estimate of drug-likeness (QED) is 0.0918. The van der Waals surface area contributed by atoms with Gasteiger partial charge in [0.2, 0.25) is 5.91 Å². The summed E-state index contributed by atoms with van der Waals surface area (Å²) in [5.41, 5.74) is 3.43. The first-order chi connectivity index (χ1) is 22.4. The molecule has 0 atom stereocenters. The van der Waals surface area contributed by atoms with Crippen LogP contribution >= 0.6 is 34.7 Å². The summed E-state index contributed by atoms with van der Waals surface area (Å²) in [6.07, 6.45) is 1.61. The van der Waals surface area contributed by atoms with Gasteiger partial charge in [-0.2, -0.15) is 0 Å². The number of aromatic nitrogens is 1. The number of hydrogen-bond donors (Lipinski definition) is 3. The molecule has 0 unspecified atom stereocenters. The Balaban J connectivity index is 1.19. The number of thiazole rings is 1. The summed E-state index contributed by atoms with van der Waals surface area (Å²) in [7, 11) is 0. The van der Waals surface area contributed by atoms with Crippen molar-refractivity contribution < 1.29 is 19.1 Å². The SMILES string of the molecule is CCOc1ccc(/C=C(\NC(=O)c2ccccc2)C(=O)Nc2ccc(SCC(=O)Nc3nc(-c4ccc(Cl)cc4)cs3)cc2)cc1. The number of amides is 3. The van der Waals surface area contributed by atoms with E-state index in [-0.39, 0.29) is 17.4 Å². The number of halogens is 1. The van der Waals surface area contributed by atoms with Gasteiger partial charge in [0.05, 0.1) is 18.1 Å². The number of carbonyl (C=O) groups excluding carboxylic acids is 3. The minimum Gasteiger partial charge on any atom is -0.494 e. The Morgan fingerprint density at radius 1 is 0.891 bits per heavy atom. The van der Waals surface area contributed by atoms with Crippen LogP contribution in [0.2, 0.25) is 5.02 Å². The van der Waals surface area contributed by atoms with Crippen molar-refractivity contribution in [3.63, 3.8) is 0 Å². The predicted octanol–water partition coefficient (Wildman–Crippen LogP) is 8.00. The van der Waals surface area contributed by atoms with Crippen molar-refractivity contribution in [3.8, 4) is 17.0 Å². The molecule has 0 aliphatic rings. The highest BCUT2D eigenvalue weighted by Gasteiger charge is 2.16. The molecular weight excluding hydrogens is 640 g/mol. The molecular formula is C35H29ClN4O4S2. The van der Waals surface area contributed by atoms with Gasteiger partial charge in [-0.15, -0.1) is 23.1 Å². The third-order valence-corrected chi connectivity index (χ3v) is 8.43. The van der Waals surface area contributed by atoms with E-state index in [1.54, 1.807) is 66.7 Å². The first kappa shape index (κ1) is 32.5. The number of carbonyl (C=O) groups is 3. The second kappa shape index (κ2) is 15.9. The lowest BCUT2D eigenvalue weighted by Gasteiger charge is -2.12. The second-order valence-corrected chi connectivity index (χ2v) is 12.1. The van der Waals surface area contributed by atoms with E-state index in [0.29, 0.717) is 39.3 Å². The predicted molar refractivity (Wildman–Crippen MR) is 186 cm³/mol. The molecule has 0 bridgehead atoms. The third kappa shape index (κ3) is 9.31. The largest absolute Gasteiger partial charge is 0.494 e. The van der Waals surface area contributed by atoms with Crippen LogP contribution < -0.4 is 20.7 Å². The highest BCUT2D eigenvalue weighted by molar-refractivity contribution is 8.00. The van der Waals surface area contributed by atoms with Crippen LogP contribution in [-0.2, 0) is 9.59 Å². The average Bonchev–Trinajstić information content (AvgIpc) is 3.54. The Hall–Kier alpha value is -4.90. The number of nitrogens with one attached hydrogen (secondary N) is 3. The van der Waals surface area contributed by atoms with E-state index in [0.717, 1.165) is 16.2 Å². The van der Waals surface area contributed by atoms with Crippen molar-refractivity contribution in [2.45, 2.75) is 11.8 Å². The van der Waals surface area contributed by atoms with Crippen LogP contribution in [0.5, 0.6) is 5.75 Å². The van der Waals surface area contributed by atoms with Gasteiger partial charge < -0.3 is 20.7 Å². The maximum atomic E-state index is 13.3. The van der Waals surface area contributed by atoms with E-state index in [1.165, 1.54) is 23.1 Å². The summed E-state index contributed by atoms with van der Waals surface area (Å²) in [6.45, 7) is 2.44. The van der Waals surface area contributed by atoms with Crippen LogP contribution in [0.4, 0.5) is 10.8 Å². The van der Waals surface area contributed by atoms with Crippen molar-refractivity contribution in [2.75, 3.05) is 23.0 Å². The molecule has 5 aromatic rings. The summed E-state index contributed by atoms with van der Waals surface area (Å²) in [5, 5.41) is 11.5. The number of hydrogen-bond acceptors (Lipinski definition) is 7. The maximum absolute atomic E-state index is 13.3. The van der Waals surface area contributed by atoms with E-state index >= 15 is 0 Å². The molecule has 3 amide bonds. The van der Waals surface area contributed by atoms with E-state index < -0.39 is 11.8 Å². The Kier molecular flexibility index (Phi) is 11.2. The van der Waals surface area contributed by atoms with Gasteiger partial charge in [0, 0.05) is 32.1 Å². The molecule has 46 heavy (non-hydrogen) atoms. The summed E-state index contributed by atoms with van der Waals surface area (Å²) >= 11 is 8.67. The summed E-state index contributed by atoms with van der Waals surface area (Å²) in [6, 6.07) is 30.4. The van der Waals surface area contributed by atoms with Crippen LogP contribution in [0, 0.1) is 0 Å².